The molecule has 2 aromatic rings. The molecule has 2 rings (SSSR count). The summed E-state index contributed by atoms with van der Waals surface area (Å²) in [6, 6.07) is 8.28. The molecular formula is C27H40N2O2S2. The molecule has 2 atom stereocenters. The van der Waals surface area contributed by atoms with Gasteiger partial charge in [0, 0.05) is 29.5 Å². The number of unbranched alkanes of at least 4 members (excludes halogenated alkanes) is 1. The number of aryl methyl sites for hydroxylation is 1. The van der Waals surface area contributed by atoms with Gasteiger partial charge in [-0.2, -0.15) is 11.8 Å². The lowest BCUT2D eigenvalue weighted by Crippen LogP contribution is -2.38. The first-order valence-electron chi connectivity index (χ1n) is 12.1. The van der Waals surface area contributed by atoms with Crippen molar-refractivity contribution in [3.05, 3.63) is 41.0 Å². The van der Waals surface area contributed by atoms with E-state index < -0.39 is 0 Å². The Hall–Kier alpha value is -1.66. The van der Waals surface area contributed by atoms with Gasteiger partial charge < -0.3 is 5.32 Å². The molecule has 1 aromatic heterocycles. The van der Waals surface area contributed by atoms with Crippen molar-refractivity contribution in [1.29, 1.82) is 0 Å². The number of nitrogens with zero attached hydrogens (tertiary/aromatic N) is 1. The maximum Gasteiger partial charge on any atom is 0.223 e. The molecule has 0 bridgehead atoms. The SMILES string of the molecule is CCCCC(CC(=O)C(CCC)C(C)(C)SC)C(=O)NCc1ccc(-c2scnc2C)cc1. The van der Waals surface area contributed by atoms with Gasteiger partial charge in [0.2, 0.25) is 5.91 Å². The zero-order valence-electron chi connectivity index (χ0n) is 21.1. The van der Waals surface area contributed by atoms with Crippen LogP contribution in [-0.4, -0.2) is 27.7 Å². The number of nitrogens with one attached hydrogen (secondary N) is 1. The average Bonchev–Trinajstić information content (AvgIpc) is 3.24. The van der Waals surface area contributed by atoms with Crippen LogP contribution in [0.25, 0.3) is 10.4 Å². The van der Waals surface area contributed by atoms with Crippen LogP contribution in [0.5, 0.6) is 0 Å². The first kappa shape index (κ1) is 27.6. The Morgan fingerprint density at radius 2 is 1.82 bits per heavy atom. The molecule has 0 saturated heterocycles. The normalized spacial score (nSPS) is 13.5. The van der Waals surface area contributed by atoms with Crippen molar-refractivity contribution in [1.82, 2.24) is 10.3 Å². The Morgan fingerprint density at radius 1 is 1.12 bits per heavy atom. The van der Waals surface area contributed by atoms with Crippen LogP contribution < -0.4 is 5.32 Å². The van der Waals surface area contributed by atoms with Crippen molar-refractivity contribution in [2.75, 3.05) is 6.26 Å². The van der Waals surface area contributed by atoms with E-state index in [4.69, 9.17) is 0 Å². The van der Waals surface area contributed by atoms with Gasteiger partial charge in [0.15, 0.2) is 0 Å². The summed E-state index contributed by atoms with van der Waals surface area (Å²) in [5, 5.41) is 3.10. The van der Waals surface area contributed by atoms with Crippen molar-refractivity contribution < 1.29 is 9.59 Å². The molecule has 1 N–H and O–H groups in total. The Morgan fingerprint density at radius 3 is 2.36 bits per heavy atom. The second kappa shape index (κ2) is 13.3. The van der Waals surface area contributed by atoms with Gasteiger partial charge >= 0.3 is 0 Å². The Kier molecular flexibility index (Phi) is 11.1. The van der Waals surface area contributed by atoms with Crippen LogP contribution in [0.4, 0.5) is 0 Å². The number of hydrogen-bond donors (Lipinski definition) is 1. The fraction of sp³-hybridized carbons (Fsp3) is 0.593. The topological polar surface area (TPSA) is 59.1 Å². The molecule has 0 radical (unpaired) electrons. The summed E-state index contributed by atoms with van der Waals surface area (Å²) in [4.78, 5) is 31.9. The van der Waals surface area contributed by atoms with Crippen molar-refractivity contribution in [3.8, 4) is 10.4 Å². The van der Waals surface area contributed by atoms with Crippen molar-refractivity contribution in [2.45, 2.75) is 84.4 Å². The second-order valence-corrected chi connectivity index (χ2v) is 11.7. The third-order valence-corrected chi connectivity index (χ3v) is 8.80. The number of ketones is 1. The summed E-state index contributed by atoms with van der Waals surface area (Å²) in [7, 11) is 0. The highest BCUT2D eigenvalue weighted by Gasteiger charge is 2.35. The smallest absolute Gasteiger partial charge is 0.223 e. The number of aromatic nitrogens is 1. The summed E-state index contributed by atoms with van der Waals surface area (Å²) >= 11 is 3.38. The average molecular weight is 489 g/mol. The van der Waals surface area contributed by atoms with Crippen LogP contribution in [0, 0.1) is 18.8 Å². The summed E-state index contributed by atoms with van der Waals surface area (Å²) in [5.41, 5.74) is 5.11. The van der Waals surface area contributed by atoms with E-state index in [9.17, 15) is 9.59 Å². The van der Waals surface area contributed by atoms with Gasteiger partial charge in [-0.3, -0.25) is 9.59 Å². The van der Waals surface area contributed by atoms with E-state index in [1.807, 2.05) is 12.4 Å². The molecule has 33 heavy (non-hydrogen) atoms. The molecule has 1 amide bonds. The minimum absolute atomic E-state index is 0.00335. The monoisotopic (exact) mass is 488 g/mol. The van der Waals surface area contributed by atoms with Crippen LogP contribution >= 0.6 is 23.1 Å². The van der Waals surface area contributed by atoms with Crippen molar-refractivity contribution >= 4 is 34.8 Å². The van der Waals surface area contributed by atoms with E-state index in [1.54, 1.807) is 23.1 Å². The lowest BCUT2D eigenvalue weighted by atomic mass is 9.82. The number of Topliss-reactive ketones (excluding diaryl/α,β-unsaturated/α-hetero) is 1. The number of rotatable bonds is 14. The molecular weight excluding hydrogens is 448 g/mol. The summed E-state index contributed by atoms with van der Waals surface area (Å²) in [6.07, 6.45) is 6.99. The molecule has 0 aliphatic heterocycles. The summed E-state index contributed by atoms with van der Waals surface area (Å²) in [5.74, 6) is -0.0427. The first-order chi connectivity index (χ1) is 15.7. The number of carbonyl (C=O) groups is 2. The third kappa shape index (κ3) is 7.96. The van der Waals surface area contributed by atoms with Gasteiger partial charge in [0.1, 0.15) is 5.78 Å². The molecule has 0 aliphatic carbocycles. The predicted octanol–water partition coefficient (Wildman–Crippen LogP) is 7.06. The zero-order valence-corrected chi connectivity index (χ0v) is 22.7. The minimum Gasteiger partial charge on any atom is -0.352 e. The maximum atomic E-state index is 13.3. The van der Waals surface area contributed by atoms with Gasteiger partial charge in [-0.05, 0) is 37.1 Å². The van der Waals surface area contributed by atoms with Crippen LogP contribution in [0.1, 0.15) is 77.5 Å². The Bertz CT molecular complexity index is 890. The van der Waals surface area contributed by atoms with Crippen LogP contribution in [0.15, 0.2) is 29.8 Å². The standard InChI is InChI=1S/C27H40N2O2S2/c1-7-9-11-22(16-24(30)23(10-8-2)27(4,5)32-6)26(31)28-17-20-12-14-21(15-13-20)25-19(3)29-18-33-25/h12-15,18,22-23H,7-11,16-17H2,1-6H3,(H,28,31). The molecule has 0 spiro atoms. The third-order valence-electron chi connectivity index (χ3n) is 6.48. The molecule has 6 heteroatoms. The molecule has 1 heterocycles. The molecule has 182 valence electrons. The number of thioether (sulfide) groups is 1. The number of hydrogen-bond acceptors (Lipinski definition) is 5. The number of thiazole rings is 1. The number of amides is 1. The van der Waals surface area contributed by atoms with E-state index in [-0.39, 0.29) is 28.3 Å². The summed E-state index contributed by atoms with van der Waals surface area (Å²) < 4.78 is -0.114. The largest absolute Gasteiger partial charge is 0.352 e. The fourth-order valence-electron chi connectivity index (χ4n) is 4.18. The van der Waals surface area contributed by atoms with Gasteiger partial charge in [-0.25, -0.2) is 4.98 Å². The molecule has 4 nitrogen and oxygen atoms in total. The van der Waals surface area contributed by atoms with Crippen LogP contribution in [0.3, 0.4) is 0 Å². The molecule has 2 unspecified atom stereocenters. The van der Waals surface area contributed by atoms with Gasteiger partial charge in [0.05, 0.1) is 16.1 Å². The van der Waals surface area contributed by atoms with Crippen molar-refractivity contribution in [2.24, 2.45) is 11.8 Å². The van der Waals surface area contributed by atoms with E-state index in [1.165, 1.54) is 4.88 Å². The highest BCUT2D eigenvalue weighted by molar-refractivity contribution is 8.00. The fourth-order valence-corrected chi connectivity index (χ4v) is 5.52. The lowest BCUT2D eigenvalue weighted by molar-refractivity contribution is -0.132. The van der Waals surface area contributed by atoms with Crippen LogP contribution in [0.2, 0.25) is 0 Å². The maximum absolute atomic E-state index is 13.3. The highest BCUT2D eigenvalue weighted by atomic mass is 32.2. The predicted molar refractivity (Wildman–Crippen MR) is 143 cm³/mol. The number of carbonyl (C=O) groups excluding carboxylic acids is 2. The van der Waals surface area contributed by atoms with Crippen molar-refractivity contribution in [3.63, 3.8) is 0 Å². The molecule has 0 aliphatic rings. The van der Waals surface area contributed by atoms with Crippen LogP contribution in [-0.2, 0) is 16.1 Å². The van der Waals surface area contributed by atoms with Gasteiger partial charge in [-0.15, -0.1) is 11.3 Å². The molecule has 1 aromatic carbocycles. The van der Waals surface area contributed by atoms with E-state index in [0.717, 1.165) is 48.9 Å². The quantitative estimate of drug-likeness (QED) is 0.309. The molecule has 0 saturated carbocycles. The zero-order chi connectivity index (χ0) is 24.4. The van der Waals surface area contributed by atoms with E-state index in [0.29, 0.717) is 13.0 Å². The number of benzene rings is 1. The lowest BCUT2D eigenvalue weighted by Gasteiger charge is -2.32. The van der Waals surface area contributed by atoms with Gasteiger partial charge in [0.25, 0.3) is 0 Å². The minimum atomic E-state index is -0.256. The first-order valence-corrected chi connectivity index (χ1v) is 14.2. The Balaban J connectivity index is 2.03. The Labute approximate surface area is 208 Å². The second-order valence-electron chi connectivity index (χ2n) is 9.34. The summed E-state index contributed by atoms with van der Waals surface area (Å²) in [6.45, 7) is 11.0. The van der Waals surface area contributed by atoms with Gasteiger partial charge in [-0.1, -0.05) is 71.2 Å². The van der Waals surface area contributed by atoms with E-state index in [2.05, 4.69) is 68.5 Å². The highest BCUT2D eigenvalue weighted by Crippen LogP contribution is 2.36. The molecule has 0 fully saturated rings. The van der Waals surface area contributed by atoms with E-state index >= 15 is 0 Å².